The molecule has 98 valence electrons. The number of hydrogen-bond donors (Lipinski definition) is 0. The summed E-state index contributed by atoms with van der Waals surface area (Å²) in [5, 5.41) is 0. The quantitative estimate of drug-likeness (QED) is 0.417. The van der Waals surface area contributed by atoms with Crippen molar-refractivity contribution in [2.45, 2.75) is 45.8 Å². The fourth-order valence-corrected chi connectivity index (χ4v) is 3.25. The van der Waals surface area contributed by atoms with Gasteiger partial charge in [-0.3, -0.25) is 0 Å². The molecule has 0 aliphatic heterocycles. The summed E-state index contributed by atoms with van der Waals surface area (Å²) < 4.78 is 9.93. The molecule has 0 bridgehead atoms. The van der Waals surface area contributed by atoms with Crippen molar-refractivity contribution in [3.05, 3.63) is 11.6 Å². The average molecular weight is 258 g/mol. The number of carbonyl (C=O) groups is 2. The number of ether oxygens (including phenoxy) is 1. The lowest BCUT2D eigenvalue weighted by Crippen LogP contribution is -2.33. The van der Waals surface area contributed by atoms with Crippen molar-refractivity contribution < 1.29 is 18.8 Å². The van der Waals surface area contributed by atoms with Crippen LogP contribution in [-0.4, -0.2) is 27.4 Å². The number of methoxy groups -OCH3 is 1. The first-order chi connectivity index (χ1) is 7.82. The van der Waals surface area contributed by atoms with E-state index < -0.39 is 20.3 Å². The van der Waals surface area contributed by atoms with E-state index in [1.165, 1.54) is 7.11 Å². The van der Waals surface area contributed by atoms with E-state index in [4.69, 9.17) is 4.43 Å². The Kier molecular flexibility index (Phi) is 6.80. The third-order valence-electron chi connectivity index (χ3n) is 2.36. The first-order valence-electron chi connectivity index (χ1n) is 5.82. The fraction of sp³-hybridized carbons (Fsp3) is 0.667. The highest BCUT2D eigenvalue weighted by Gasteiger charge is 2.26. The highest BCUT2D eigenvalue weighted by Crippen LogP contribution is 2.16. The zero-order valence-electron chi connectivity index (χ0n) is 11.3. The van der Waals surface area contributed by atoms with Gasteiger partial charge < -0.3 is 9.16 Å². The molecule has 0 aromatic carbocycles. The predicted octanol–water partition coefficient (Wildman–Crippen LogP) is 2.65. The first-order valence-corrected chi connectivity index (χ1v) is 8.93. The molecule has 4 nitrogen and oxygen atoms in total. The summed E-state index contributed by atoms with van der Waals surface area (Å²) in [5.74, 6) is -0.948. The molecule has 0 saturated heterocycles. The van der Waals surface area contributed by atoms with Crippen LogP contribution in [0, 0.1) is 0 Å². The van der Waals surface area contributed by atoms with Gasteiger partial charge in [0.2, 0.25) is 8.32 Å². The van der Waals surface area contributed by atoms with Crippen LogP contribution in [0.1, 0.15) is 26.7 Å². The zero-order chi connectivity index (χ0) is 13.5. The summed E-state index contributed by atoms with van der Waals surface area (Å²) in [6.07, 6.45) is 3.31. The van der Waals surface area contributed by atoms with E-state index in [0.717, 1.165) is 25.0 Å². The summed E-state index contributed by atoms with van der Waals surface area (Å²) in [7, 11) is -0.679. The van der Waals surface area contributed by atoms with Gasteiger partial charge in [-0.2, -0.15) is 0 Å². The Hall–Kier alpha value is -1.10. The highest BCUT2D eigenvalue weighted by atomic mass is 28.4. The number of hydrogen-bond acceptors (Lipinski definition) is 4. The van der Waals surface area contributed by atoms with E-state index in [0.29, 0.717) is 0 Å². The van der Waals surface area contributed by atoms with Gasteiger partial charge in [0.1, 0.15) is 0 Å². The number of rotatable bonds is 6. The van der Waals surface area contributed by atoms with Crippen LogP contribution in [0.15, 0.2) is 11.6 Å². The minimum atomic E-state index is -1.95. The summed E-state index contributed by atoms with van der Waals surface area (Å²) in [6.45, 7) is 7.68. The molecule has 0 spiro atoms. The molecule has 0 fully saturated rings. The van der Waals surface area contributed by atoms with Crippen LogP contribution in [0.25, 0.3) is 0 Å². The molecule has 5 heteroatoms. The van der Waals surface area contributed by atoms with Crippen molar-refractivity contribution in [2.24, 2.45) is 0 Å². The molecule has 0 rings (SSSR count). The van der Waals surface area contributed by atoms with Crippen molar-refractivity contribution in [3.63, 3.8) is 0 Å². The lowest BCUT2D eigenvalue weighted by atomic mass is 10.3. The Morgan fingerprint density at radius 2 is 1.88 bits per heavy atom. The van der Waals surface area contributed by atoms with Crippen LogP contribution in [0.5, 0.6) is 0 Å². The van der Waals surface area contributed by atoms with Crippen LogP contribution in [0.3, 0.4) is 0 Å². The van der Waals surface area contributed by atoms with Crippen LogP contribution in [0.2, 0.25) is 19.1 Å². The van der Waals surface area contributed by atoms with E-state index in [1.54, 1.807) is 6.92 Å². The Morgan fingerprint density at radius 1 is 1.29 bits per heavy atom. The molecule has 0 aromatic heterocycles. The van der Waals surface area contributed by atoms with Gasteiger partial charge in [0, 0.05) is 11.6 Å². The standard InChI is InChI=1S/C12H22O4Si/c1-6-7-8-17(4,5)16-12(14)10(2)9-11(13)15-3/h9H,6-8H2,1-5H3/b10-9-. The van der Waals surface area contributed by atoms with Gasteiger partial charge in [-0.05, 0) is 26.1 Å². The second-order valence-electron chi connectivity index (χ2n) is 4.60. The molecule has 0 unspecified atom stereocenters. The number of unbranched alkanes of at least 4 members (excludes halogenated alkanes) is 1. The molecule has 0 N–H and O–H groups in total. The molecule has 0 aromatic rings. The summed E-state index contributed by atoms with van der Waals surface area (Å²) >= 11 is 0. The van der Waals surface area contributed by atoms with Crippen molar-refractivity contribution in [1.82, 2.24) is 0 Å². The Labute approximate surface area is 104 Å². The second kappa shape index (κ2) is 7.27. The molecule has 0 amide bonds. The molecule has 0 aliphatic carbocycles. The third-order valence-corrected chi connectivity index (χ3v) is 4.65. The Bertz CT molecular complexity index is 308. The zero-order valence-corrected chi connectivity index (χ0v) is 12.3. The first kappa shape index (κ1) is 15.9. The molecule has 0 radical (unpaired) electrons. The smallest absolute Gasteiger partial charge is 0.330 e. The lowest BCUT2D eigenvalue weighted by Gasteiger charge is -2.22. The number of esters is 1. The second-order valence-corrected chi connectivity index (χ2v) is 8.83. The summed E-state index contributed by atoms with van der Waals surface area (Å²) in [4.78, 5) is 22.7. The van der Waals surface area contributed by atoms with E-state index in [-0.39, 0.29) is 5.57 Å². The van der Waals surface area contributed by atoms with Crippen LogP contribution < -0.4 is 0 Å². The van der Waals surface area contributed by atoms with E-state index in [2.05, 4.69) is 11.7 Å². The molecule has 17 heavy (non-hydrogen) atoms. The van der Waals surface area contributed by atoms with Crippen LogP contribution in [0.4, 0.5) is 0 Å². The molecule has 0 atom stereocenters. The maximum absolute atomic E-state index is 11.7. The maximum Gasteiger partial charge on any atom is 0.330 e. The largest absolute Gasteiger partial charge is 0.516 e. The Balaban J connectivity index is 4.43. The summed E-state index contributed by atoms with van der Waals surface area (Å²) in [6, 6.07) is 0.945. The molecular weight excluding hydrogens is 236 g/mol. The monoisotopic (exact) mass is 258 g/mol. The van der Waals surface area contributed by atoms with E-state index in [1.807, 2.05) is 13.1 Å². The number of carbonyl (C=O) groups excluding carboxylic acids is 2. The average Bonchev–Trinajstić information content (AvgIpc) is 2.25. The van der Waals surface area contributed by atoms with Crippen LogP contribution >= 0.6 is 0 Å². The molecule has 0 saturated carbocycles. The van der Waals surface area contributed by atoms with Gasteiger partial charge in [0.15, 0.2) is 0 Å². The fourth-order valence-electron chi connectivity index (χ4n) is 1.28. The molecule has 0 heterocycles. The minimum Gasteiger partial charge on any atom is -0.516 e. The lowest BCUT2D eigenvalue weighted by molar-refractivity contribution is -0.136. The van der Waals surface area contributed by atoms with E-state index >= 15 is 0 Å². The molecular formula is C12H22O4Si. The topological polar surface area (TPSA) is 52.6 Å². The van der Waals surface area contributed by atoms with Gasteiger partial charge in [-0.25, -0.2) is 9.59 Å². The van der Waals surface area contributed by atoms with Crippen molar-refractivity contribution >= 4 is 20.3 Å². The third kappa shape index (κ3) is 6.94. The highest BCUT2D eigenvalue weighted by molar-refractivity contribution is 6.72. The molecule has 0 aliphatic rings. The van der Waals surface area contributed by atoms with Gasteiger partial charge in [0.05, 0.1) is 7.11 Å². The van der Waals surface area contributed by atoms with Gasteiger partial charge in [0.25, 0.3) is 0 Å². The maximum atomic E-state index is 11.7. The van der Waals surface area contributed by atoms with E-state index in [9.17, 15) is 9.59 Å². The summed E-state index contributed by atoms with van der Waals surface area (Å²) in [5.41, 5.74) is 0.286. The minimum absolute atomic E-state index is 0.286. The Morgan fingerprint density at radius 3 is 2.35 bits per heavy atom. The van der Waals surface area contributed by atoms with Crippen LogP contribution in [-0.2, 0) is 18.8 Å². The SMILES string of the molecule is CCCC[Si](C)(C)OC(=O)/C(C)=C\C(=O)OC. The normalized spacial score (nSPS) is 12.2. The van der Waals surface area contributed by atoms with Crippen molar-refractivity contribution in [3.8, 4) is 0 Å². The van der Waals surface area contributed by atoms with Gasteiger partial charge in [-0.15, -0.1) is 0 Å². The van der Waals surface area contributed by atoms with Gasteiger partial charge >= 0.3 is 11.9 Å². The van der Waals surface area contributed by atoms with Crippen molar-refractivity contribution in [1.29, 1.82) is 0 Å². The van der Waals surface area contributed by atoms with Crippen molar-refractivity contribution in [2.75, 3.05) is 7.11 Å². The van der Waals surface area contributed by atoms with Gasteiger partial charge in [-0.1, -0.05) is 19.8 Å². The predicted molar refractivity (Wildman–Crippen MR) is 69.1 cm³/mol.